The number of carboxylic acids is 1. The highest BCUT2D eigenvalue weighted by atomic mass is 16.4. The van der Waals surface area contributed by atoms with Crippen molar-refractivity contribution in [3.8, 4) is 0 Å². The standard InChI is InChI=1S/C17H20O3/c18-15-6-1-2-9-17(15,16(19)20)11-12-7-8-13-4-3-5-14(13)10-12/h7-8,10H,1-6,9,11H2,(H,19,20). The third-order valence-electron chi connectivity index (χ3n) is 4.87. The highest BCUT2D eigenvalue weighted by Gasteiger charge is 2.46. The van der Waals surface area contributed by atoms with Crippen molar-refractivity contribution in [3.63, 3.8) is 0 Å². The lowest BCUT2D eigenvalue weighted by atomic mass is 9.69. The van der Waals surface area contributed by atoms with Crippen molar-refractivity contribution in [2.75, 3.05) is 0 Å². The van der Waals surface area contributed by atoms with Crippen LogP contribution in [0.4, 0.5) is 0 Å². The van der Waals surface area contributed by atoms with E-state index in [1.807, 2.05) is 6.07 Å². The molecule has 1 aromatic carbocycles. The Bertz CT molecular complexity index is 561. The van der Waals surface area contributed by atoms with Crippen LogP contribution in [0, 0.1) is 5.41 Å². The molecule has 3 rings (SSSR count). The first-order valence-electron chi connectivity index (χ1n) is 7.49. The zero-order valence-electron chi connectivity index (χ0n) is 11.7. The minimum absolute atomic E-state index is 0.0863. The predicted molar refractivity (Wildman–Crippen MR) is 75.7 cm³/mol. The second kappa shape index (κ2) is 5.04. The van der Waals surface area contributed by atoms with E-state index < -0.39 is 11.4 Å². The van der Waals surface area contributed by atoms with E-state index in [0.29, 0.717) is 19.3 Å². The summed E-state index contributed by atoms with van der Waals surface area (Å²) in [6.45, 7) is 0. The number of ketones is 1. The quantitative estimate of drug-likeness (QED) is 0.861. The monoisotopic (exact) mass is 272 g/mol. The van der Waals surface area contributed by atoms with Crippen LogP contribution in [-0.4, -0.2) is 16.9 Å². The Morgan fingerprint density at radius 1 is 1.10 bits per heavy atom. The summed E-state index contributed by atoms with van der Waals surface area (Å²) in [7, 11) is 0. The van der Waals surface area contributed by atoms with Gasteiger partial charge in [-0.1, -0.05) is 24.6 Å². The number of fused-ring (bicyclic) bond motifs is 1. The van der Waals surface area contributed by atoms with Gasteiger partial charge >= 0.3 is 5.97 Å². The Kier molecular flexibility index (Phi) is 3.36. The zero-order valence-corrected chi connectivity index (χ0v) is 11.7. The number of rotatable bonds is 3. The van der Waals surface area contributed by atoms with E-state index in [2.05, 4.69) is 12.1 Å². The van der Waals surface area contributed by atoms with Crippen molar-refractivity contribution < 1.29 is 14.7 Å². The van der Waals surface area contributed by atoms with Crippen LogP contribution in [0.2, 0.25) is 0 Å². The first-order valence-corrected chi connectivity index (χ1v) is 7.49. The average Bonchev–Trinajstić information content (AvgIpc) is 2.88. The van der Waals surface area contributed by atoms with E-state index in [4.69, 9.17) is 0 Å². The van der Waals surface area contributed by atoms with Crippen LogP contribution in [-0.2, 0) is 28.9 Å². The Morgan fingerprint density at radius 3 is 2.65 bits per heavy atom. The van der Waals surface area contributed by atoms with Crippen molar-refractivity contribution in [2.24, 2.45) is 5.41 Å². The smallest absolute Gasteiger partial charge is 0.317 e. The van der Waals surface area contributed by atoms with Crippen LogP contribution >= 0.6 is 0 Å². The van der Waals surface area contributed by atoms with Crippen LogP contribution in [0.1, 0.15) is 48.8 Å². The molecule has 106 valence electrons. The summed E-state index contributed by atoms with van der Waals surface area (Å²) >= 11 is 0. The molecule has 0 heterocycles. The normalized spacial score (nSPS) is 25.5. The highest BCUT2D eigenvalue weighted by molar-refractivity contribution is 6.03. The molecule has 3 heteroatoms. The van der Waals surface area contributed by atoms with E-state index in [0.717, 1.165) is 31.2 Å². The average molecular weight is 272 g/mol. The number of carbonyl (C=O) groups excluding carboxylic acids is 1. The summed E-state index contributed by atoms with van der Waals surface area (Å²) in [6.07, 6.45) is 6.31. The maximum Gasteiger partial charge on any atom is 0.317 e. The first-order chi connectivity index (χ1) is 9.62. The van der Waals surface area contributed by atoms with Crippen molar-refractivity contribution in [2.45, 2.75) is 51.4 Å². The second-order valence-electron chi connectivity index (χ2n) is 6.15. The zero-order chi connectivity index (χ0) is 14.2. The topological polar surface area (TPSA) is 54.4 Å². The fourth-order valence-corrected chi connectivity index (χ4v) is 3.66. The molecule has 3 nitrogen and oxygen atoms in total. The van der Waals surface area contributed by atoms with Gasteiger partial charge in [0.05, 0.1) is 0 Å². The van der Waals surface area contributed by atoms with E-state index in [-0.39, 0.29) is 5.78 Å². The molecule has 0 spiro atoms. The molecule has 2 aliphatic rings. The highest BCUT2D eigenvalue weighted by Crippen LogP contribution is 2.37. The van der Waals surface area contributed by atoms with E-state index in [1.54, 1.807) is 0 Å². The summed E-state index contributed by atoms with van der Waals surface area (Å²) in [6, 6.07) is 6.24. The van der Waals surface area contributed by atoms with Gasteiger partial charge in [-0.3, -0.25) is 9.59 Å². The molecule has 0 radical (unpaired) electrons. The molecule has 0 amide bonds. The number of benzene rings is 1. The molecule has 1 unspecified atom stereocenters. The van der Waals surface area contributed by atoms with Crippen molar-refractivity contribution in [3.05, 3.63) is 34.9 Å². The SMILES string of the molecule is O=C(O)C1(Cc2ccc3c(c2)CCC3)CCCCC1=O. The lowest BCUT2D eigenvalue weighted by Gasteiger charge is -2.31. The summed E-state index contributed by atoms with van der Waals surface area (Å²) in [4.78, 5) is 23.9. The fraction of sp³-hybridized carbons (Fsp3) is 0.529. The maximum atomic E-state index is 12.2. The van der Waals surface area contributed by atoms with Gasteiger partial charge in [-0.15, -0.1) is 0 Å². The number of aryl methyl sites for hydroxylation is 2. The molecule has 1 N–H and O–H groups in total. The Labute approximate surface area is 119 Å². The lowest BCUT2D eigenvalue weighted by Crippen LogP contribution is -2.43. The van der Waals surface area contributed by atoms with Crippen molar-refractivity contribution >= 4 is 11.8 Å². The molecule has 1 aromatic rings. The maximum absolute atomic E-state index is 12.2. The van der Waals surface area contributed by atoms with Gasteiger partial charge in [-0.05, 0) is 55.2 Å². The van der Waals surface area contributed by atoms with Crippen LogP contribution in [0.25, 0.3) is 0 Å². The molecule has 0 aromatic heterocycles. The first kappa shape index (κ1) is 13.3. The van der Waals surface area contributed by atoms with Gasteiger partial charge in [0.25, 0.3) is 0 Å². The Morgan fingerprint density at radius 2 is 1.90 bits per heavy atom. The van der Waals surface area contributed by atoms with E-state index >= 15 is 0 Å². The second-order valence-corrected chi connectivity index (χ2v) is 6.15. The molecular formula is C17H20O3. The molecule has 0 saturated heterocycles. The largest absolute Gasteiger partial charge is 0.480 e. The van der Waals surface area contributed by atoms with E-state index in [9.17, 15) is 14.7 Å². The number of aliphatic carboxylic acids is 1. The van der Waals surface area contributed by atoms with Gasteiger partial charge in [0, 0.05) is 6.42 Å². The summed E-state index contributed by atoms with van der Waals surface area (Å²) in [5.74, 6) is -1.03. The number of carboxylic acid groups (broad SMARTS) is 1. The van der Waals surface area contributed by atoms with Gasteiger partial charge in [-0.25, -0.2) is 0 Å². The van der Waals surface area contributed by atoms with Crippen LogP contribution < -0.4 is 0 Å². The lowest BCUT2D eigenvalue weighted by molar-refractivity contribution is -0.157. The number of hydrogen-bond acceptors (Lipinski definition) is 2. The predicted octanol–water partition coefficient (Wildman–Crippen LogP) is 2.93. The molecule has 1 saturated carbocycles. The van der Waals surface area contributed by atoms with Gasteiger partial charge in [0.1, 0.15) is 5.41 Å². The van der Waals surface area contributed by atoms with Gasteiger partial charge in [-0.2, -0.15) is 0 Å². The molecule has 1 fully saturated rings. The van der Waals surface area contributed by atoms with Gasteiger partial charge in [0.15, 0.2) is 5.78 Å². The molecule has 2 aliphatic carbocycles. The van der Waals surface area contributed by atoms with E-state index in [1.165, 1.54) is 17.5 Å². The van der Waals surface area contributed by atoms with Crippen molar-refractivity contribution in [1.29, 1.82) is 0 Å². The van der Waals surface area contributed by atoms with Crippen LogP contribution in [0.15, 0.2) is 18.2 Å². The third-order valence-corrected chi connectivity index (χ3v) is 4.87. The summed E-state index contributed by atoms with van der Waals surface area (Å²) in [5, 5.41) is 9.59. The molecular weight excluding hydrogens is 252 g/mol. The van der Waals surface area contributed by atoms with Gasteiger partial charge in [0.2, 0.25) is 0 Å². The number of Topliss-reactive ketones (excluding diaryl/α,β-unsaturated/α-hetero) is 1. The molecule has 1 atom stereocenters. The molecule has 20 heavy (non-hydrogen) atoms. The van der Waals surface area contributed by atoms with Gasteiger partial charge < -0.3 is 5.11 Å². The Hall–Kier alpha value is -1.64. The molecule has 0 bridgehead atoms. The summed E-state index contributed by atoms with van der Waals surface area (Å²) in [5.41, 5.74) is 2.55. The minimum atomic E-state index is -1.18. The number of hydrogen-bond donors (Lipinski definition) is 1. The fourth-order valence-electron chi connectivity index (χ4n) is 3.66. The minimum Gasteiger partial charge on any atom is -0.480 e. The Balaban J connectivity index is 1.90. The third kappa shape index (κ3) is 2.15. The van der Waals surface area contributed by atoms with Crippen LogP contribution in [0.5, 0.6) is 0 Å². The number of carbonyl (C=O) groups is 2. The summed E-state index contributed by atoms with van der Waals surface area (Å²) < 4.78 is 0. The van der Waals surface area contributed by atoms with Crippen molar-refractivity contribution in [1.82, 2.24) is 0 Å². The van der Waals surface area contributed by atoms with Crippen LogP contribution in [0.3, 0.4) is 0 Å². The molecule has 0 aliphatic heterocycles.